The van der Waals surface area contributed by atoms with Crippen molar-refractivity contribution in [2.24, 2.45) is 0 Å². The molecule has 140 valence electrons. The number of rotatable bonds is 7. The van der Waals surface area contributed by atoms with Crippen molar-refractivity contribution in [3.63, 3.8) is 0 Å². The lowest BCUT2D eigenvalue weighted by Crippen LogP contribution is -2.42. The zero-order valence-electron chi connectivity index (χ0n) is 16.7. The molecule has 3 aromatic carbocycles. The Hall–Kier alpha value is -1.99. The van der Waals surface area contributed by atoms with Gasteiger partial charge in [-0.15, -0.1) is 0 Å². The van der Waals surface area contributed by atoms with Crippen LogP contribution in [0.4, 0.5) is 0 Å². The summed E-state index contributed by atoms with van der Waals surface area (Å²) in [6, 6.07) is 33.1. The summed E-state index contributed by atoms with van der Waals surface area (Å²) in [7, 11) is 3.70. The third-order valence-corrected chi connectivity index (χ3v) is 7.32. The van der Waals surface area contributed by atoms with Crippen LogP contribution in [0.5, 0.6) is 0 Å². The van der Waals surface area contributed by atoms with E-state index in [1.165, 1.54) is 16.2 Å². The molecule has 1 atom stereocenters. The number of hydrogen-bond donors (Lipinski definition) is 0. The van der Waals surface area contributed by atoms with Crippen LogP contribution in [-0.4, -0.2) is 29.7 Å². The van der Waals surface area contributed by atoms with Gasteiger partial charge in [0.05, 0.1) is 6.17 Å². The van der Waals surface area contributed by atoms with Gasteiger partial charge in [0.1, 0.15) is 0 Å². The topological polar surface area (TPSA) is 6.48 Å². The summed E-state index contributed by atoms with van der Waals surface area (Å²) < 4.78 is 2.68. The molecular weight excluding hydrogens is 347 g/mol. The summed E-state index contributed by atoms with van der Waals surface area (Å²) in [4.78, 5) is 2.33. The van der Waals surface area contributed by atoms with Gasteiger partial charge >= 0.3 is 0 Å². The highest BCUT2D eigenvalue weighted by Gasteiger charge is 2.33. The Balaban J connectivity index is 2.16. The van der Waals surface area contributed by atoms with Crippen LogP contribution in [0.25, 0.3) is 0 Å². The number of nitrogens with zero attached hydrogens (tertiary/aromatic N) is 2. The lowest BCUT2D eigenvalue weighted by Gasteiger charge is -2.44. The Labute approximate surface area is 165 Å². The SMILES string of the molecule is CC(C)N(C(c1ccccc1)N(C)C)P(c1ccccc1)c1ccccc1. The molecule has 0 bridgehead atoms. The smallest absolute Gasteiger partial charge is 0.0921 e. The third-order valence-electron chi connectivity index (χ3n) is 4.60. The average Bonchev–Trinajstić information content (AvgIpc) is 2.69. The molecule has 0 saturated carbocycles. The lowest BCUT2D eigenvalue weighted by molar-refractivity contribution is 0.139. The number of benzene rings is 3. The molecule has 3 aromatic rings. The molecule has 0 N–H and O–H groups in total. The predicted octanol–water partition coefficient (Wildman–Crippen LogP) is 5.01. The standard InChI is InChI=1S/C24H29N2P/c1-20(2)26(24(25(3)4)21-14-8-5-9-15-21)27(22-16-10-6-11-17-22)23-18-12-7-13-19-23/h5-20,24H,1-4H3. The fourth-order valence-electron chi connectivity index (χ4n) is 3.49. The van der Waals surface area contributed by atoms with E-state index in [1.807, 2.05) is 0 Å². The molecule has 27 heavy (non-hydrogen) atoms. The normalized spacial score (nSPS) is 12.9. The molecule has 3 rings (SSSR count). The van der Waals surface area contributed by atoms with E-state index in [1.54, 1.807) is 0 Å². The second-order valence-corrected chi connectivity index (χ2v) is 9.32. The van der Waals surface area contributed by atoms with E-state index in [-0.39, 0.29) is 6.17 Å². The van der Waals surface area contributed by atoms with Gasteiger partial charge in [-0.3, -0.25) is 9.57 Å². The second kappa shape index (κ2) is 9.28. The molecule has 0 fully saturated rings. The maximum Gasteiger partial charge on any atom is 0.0921 e. The highest BCUT2D eigenvalue weighted by molar-refractivity contribution is 7.70. The van der Waals surface area contributed by atoms with E-state index in [2.05, 4.69) is 129 Å². The molecule has 1 unspecified atom stereocenters. The van der Waals surface area contributed by atoms with Gasteiger partial charge in [-0.1, -0.05) is 91.0 Å². The van der Waals surface area contributed by atoms with Crippen molar-refractivity contribution >= 4 is 18.7 Å². The van der Waals surface area contributed by atoms with E-state index in [9.17, 15) is 0 Å². The van der Waals surface area contributed by atoms with Crippen LogP contribution in [0.3, 0.4) is 0 Å². The molecule has 0 aromatic heterocycles. The van der Waals surface area contributed by atoms with Crippen LogP contribution in [-0.2, 0) is 0 Å². The first kappa shape index (κ1) is 19.8. The summed E-state index contributed by atoms with van der Waals surface area (Å²) in [6.07, 6.45) is 0.206. The molecule has 0 radical (unpaired) electrons. The van der Waals surface area contributed by atoms with Gasteiger partial charge in [0.2, 0.25) is 0 Å². The van der Waals surface area contributed by atoms with Gasteiger partial charge in [-0.25, -0.2) is 0 Å². The fraction of sp³-hybridized carbons (Fsp3) is 0.250. The Kier molecular flexibility index (Phi) is 6.79. The minimum atomic E-state index is -0.658. The predicted molar refractivity (Wildman–Crippen MR) is 119 cm³/mol. The molecule has 2 nitrogen and oxygen atoms in total. The van der Waals surface area contributed by atoms with E-state index >= 15 is 0 Å². The first-order valence-electron chi connectivity index (χ1n) is 9.49. The van der Waals surface area contributed by atoms with Crippen molar-refractivity contribution < 1.29 is 0 Å². The van der Waals surface area contributed by atoms with Crippen LogP contribution >= 0.6 is 8.07 Å². The molecular formula is C24H29N2P. The van der Waals surface area contributed by atoms with Gasteiger partial charge in [-0.05, 0) is 44.1 Å². The summed E-state index contributed by atoms with van der Waals surface area (Å²) in [5.74, 6) is 0. The summed E-state index contributed by atoms with van der Waals surface area (Å²) in [6.45, 7) is 4.61. The first-order chi connectivity index (χ1) is 13.1. The Bertz CT molecular complexity index is 764. The van der Waals surface area contributed by atoms with E-state index in [0.717, 1.165) is 0 Å². The fourth-order valence-corrected chi connectivity index (χ4v) is 6.25. The highest BCUT2D eigenvalue weighted by Crippen LogP contribution is 2.46. The monoisotopic (exact) mass is 376 g/mol. The average molecular weight is 376 g/mol. The van der Waals surface area contributed by atoms with Crippen LogP contribution in [0.1, 0.15) is 25.6 Å². The summed E-state index contributed by atoms with van der Waals surface area (Å²) >= 11 is 0. The van der Waals surface area contributed by atoms with Gasteiger partial charge < -0.3 is 0 Å². The first-order valence-corrected chi connectivity index (χ1v) is 10.8. The van der Waals surface area contributed by atoms with Crippen molar-refractivity contribution in [3.05, 3.63) is 96.6 Å². The highest BCUT2D eigenvalue weighted by atomic mass is 31.1. The van der Waals surface area contributed by atoms with Crippen molar-refractivity contribution in [3.8, 4) is 0 Å². The molecule has 0 amide bonds. The third kappa shape index (κ3) is 4.65. The van der Waals surface area contributed by atoms with Gasteiger partial charge in [0.15, 0.2) is 0 Å². The summed E-state index contributed by atoms with van der Waals surface area (Å²) in [5.41, 5.74) is 1.33. The largest absolute Gasteiger partial charge is 0.290 e. The zero-order chi connectivity index (χ0) is 19.2. The Morgan fingerprint density at radius 2 is 1.04 bits per heavy atom. The molecule has 0 aliphatic rings. The van der Waals surface area contributed by atoms with Crippen LogP contribution < -0.4 is 10.6 Å². The minimum absolute atomic E-state index is 0.206. The van der Waals surface area contributed by atoms with Crippen molar-refractivity contribution in [2.75, 3.05) is 14.1 Å². The van der Waals surface area contributed by atoms with Crippen molar-refractivity contribution in [1.82, 2.24) is 9.57 Å². The Morgan fingerprint density at radius 1 is 0.630 bits per heavy atom. The maximum atomic E-state index is 2.68. The van der Waals surface area contributed by atoms with E-state index in [0.29, 0.717) is 6.04 Å². The van der Waals surface area contributed by atoms with Crippen molar-refractivity contribution in [2.45, 2.75) is 26.1 Å². The van der Waals surface area contributed by atoms with Gasteiger partial charge in [0.25, 0.3) is 0 Å². The van der Waals surface area contributed by atoms with Crippen LogP contribution in [0, 0.1) is 0 Å². The molecule has 0 spiro atoms. The second-order valence-electron chi connectivity index (χ2n) is 7.20. The quantitative estimate of drug-likeness (QED) is 0.423. The van der Waals surface area contributed by atoms with Gasteiger partial charge in [-0.2, -0.15) is 0 Å². The van der Waals surface area contributed by atoms with Crippen LogP contribution in [0.15, 0.2) is 91.0 Å². The molecule has 0 saturated heterocycles. The Morgan fingerprint density at radius 3 is 1.41 bits per heavy atom. The minimum Gasteiger partial charge on any atom is -0.290 e. The molecule has 0 heterocycles. The number of hydrogen-bond acceptors (Lipinski definition) is 2. The van der Waals surface area contributed by atoms with E-state index < -0.39 is 8.07 Å². The molecule has 0 aliphatic carbocycles. The molecule has 3 heteroatoms. The molecule has 0 aliphatic heterocycles. The lowest BCUT2D eigenvalue weighted by atomic mass is 10.1. The van der Waals surface area contributed by atoms with E-state index in [4.69, 9.17) is 0 Å². The van der Waals surface area contributed by atoms with Gasteiger partial charge in [0, 0.05) is 14.1 Å². The van der Waals surface area contributed by atoms with Crippen molar-refractivity contribution in [1.29, 1.82) is 0 Å². The summed E-state index contributed by atoms with van der Waals surface area (Å²) in [5, 5.41) is 2.77. The maximum absolute atomic E-state index is 2.68. The zero-order valence-corrected chi connectivity index (χ0v) is 17.6. The van der Waals surface area contributed by atoms with Crippen LogP contribution in [0.2, 0.25) is 0 Å².